The topological polar surface area (TPSA) is 32.3 Å². The maximum atomic E-state index is 13.5. The minimum absolute atomic E-state index is 0.0284. The molecule has 0 aliphatic rings. The summed E-state index contributed by atoms with van der Waals surface area (Å²) in [6.45, 7) is 5.60. The normalized spacial score (nSPS) is 11.8. The second kappa shape index (κ2) is 6.47. The van der Waals surface area contributed by atoms with Crippen LogP contribution in [0.15, 0.2) is 22.7 Å². The maximum absolute atomic E-state index is 13.5. The van der Waals surface area contributed by atoms with Crippen molar-refractivity contribution in [2.24, 2.45) is 5.41 Å². The molecule has 0 aromatic heterocycles. The van der Waals surface area contributed by atoms with Crippen LogP contribution in [0.25, 0.3) is 0 Å². The molecule has 17 heavy (non-hydrogen) atoms. The number of hydrogen-bond donors (Lipinski definition) is 2. The van der Waals surface area contributed by atoms with E-state index in [0.717, 1.165) is 17.4 Å². The Balaban J connectivity index is 2.46. The molecule has 2 nitrogen and oxygen atoms in total. The Kier molecular flexibility index (Phi) is 5.56. The van der Waals surface area contributed by atoms with Crippen LogP contribution in [-0.2, 0) is 6.54 Å². The summed E-state index contributed by atoms with van der Waals surface area (Å²) in [5, 5.41) is 12.1. The van der Waals surface area contributed by atoms with E-state index < -0.39 is 0 Å². The van der Waals surface area contributed by atoms with E-state index in [1.807, 2.05) is 6.07 Å². The van der Waals surface area contributed by atoms with Crippen molar-refractivity contribution in [3.8, 4) is 0 Å². The molecule has 0 fully saturated rings. The van der Waals surface area contributed by atoms with Crippen LogP contribution in [0, 0.1) is 11.2 Å². The zero-order chi connectivity index (χ0) is 12.9. The van der Waals surface area contributed by atoms with E-state index in [9.17, 15) is 4.39 Å². The highest BCUT2D eigenvalue weighted by atomic mass is 79.9. The molecule has 0 aliphatic carbocycles. The van der Waals surface area contributed by atoms with Crippen LogP contribution < -0.4 is 5.32 Å². The van der Waals surface area contributed by atoms with Crippen molar-refractivity contribution in [1.29, 1.82) is 0 Å². The summed E-state index contributed by atoms with van der Waals surface area (Å²) in [5.41, 5.74) is 0.689. The smallest absolute Gasteiger partial charge is 0.128 e. The lowest BCUT2D eigenvalue weighted by molar-refractivity contribution is 0.207. The molecule has 1 aromatic rings. The highest BCUT2D eigenvalue weighted by Gasteiger charge is 2.16. The maximum Gasteiger partial charge on any atom is 0.128 e. The van der Waals surface area contributed by atoms with Crippen molar-refractivity contribution in [2.45, 2.75) is 26.8 Å². The van der Waals surface area contributed by atoms with Crippen LogP contribution in [0.3, 0.4) is 0 Å². The van der Waals surface area contributed by atoms with Crippen LogP contribution in [0.5, 0.6) is 0 Å². The number of halogens is 2. The first-order valence-corrected chi connectivity index (χ1v) is 6.49. The first-order chi connectivity index (χ1) is 7.94. The summed E-state index contributed by atoms with van der Waals surface area (Å²) in [5.74, 6) is -0.202. The predicted molar refractivity (Wildman–Crippen MR) is 71.3 cm³/mol. The monoisotopic (exact) mass is 303 g/mol. The zero-order valence-electron chi connectivity index (χ0n) is 10.3. The minimum Gasteiger partial charge on any atom is -0.396 e. The molecule has 0 saturated heterocycles. The highest BCUT2D eigenvalue weighted by molar-refractivity contribution is 9.10. The molecule has 1 aromatic carbocycles. The minimum atomic E-state index is -0.202. The van der Waals surface area contributed by atoms with Crippen LogP contribution in [-0.4, -0.2) is 18.3 Å². The molecule has 0 unspecified atom stereocenters. The van der Waals surface area contributed by atoms with E-state index in [-0.39, 0.29) is 17.8 Å². The van der Waals surface area contributed by atoms with Crippen molar-refractivity contribution in [1.82, 2.24) is 5.32 Å². The Labute approximate surface area is 110 Å². The lowest BCUT2D eigenvalue weighted by Crippen LogP contribution is -2.30. The van der Waals surface area contributed by atoms with Crippen molar-refractivity contribution < 1.29 is 9.50 Å². The fraction of sp³-hybridized carbons (Fsp3) is 0.538. The molecule has 4 heteroatoms. The summed E-state index contributed by atoms with van der Waals surface area (Å²) in [6.07, 6.45) is 0.739. The average molecular weight is 304 g/mol. The van der Waals surface area contributed by atoms with Crippen LogP contribution >= 0.6 is 15.9 Å². The van der Waals surface area contributed by atoms with Gasteiger partial charge in [0.05, 0.1) is 0 Å². The van der Waals surface area contributed by atoms with Gasteiger partial charge in [-0.3, -0.25) is 0 Å². The first-order valence-electron chi connectivity index (χ1n) is 5.70. The van der Waals surface area contributed by atoms with Crippen LogP contribution in [0.1, 0.15) is 25.8 Å². The van der Waals surface area contributed by atoms with Gasteiger partial charge in [0.25, 0.3) is 0 Å². The second-order valence-corrected chi connectivity index (χ2v) is 5.89. The molecule has 0 radical (unpaired) electrons. The summed E-state index contributed by atoms with van der Waals surface area (Å²) >= 11 is 3.23. The van der Waals surface area contributed by atoms with Crippen LogP contribution in [0.4, 0.5) is 4.39 Å². The molecular weight excluding hydrogens is 285 g/mol. The molecule has 0 atom stereocenters. The van der Waals surface area contributed by atoms with E-state index in [1.54, 1.807) is 6.07 Å². The molecule has 0 heterocycles. The Bertz CT molecular complexity index is 368. The summed E-state index contributed by atoms with van der Waals surface area (Å²) in [7, 11) is 0. The van der Waals surface area contributed by atoms with Gasteiger partial charge in [0.2, 0.25) is 0 Å². The van der Waals surface area contributed by atoms with Gasteiger partial charge in [-0.15, -0.1) is 0 Å². The molecule has 0 aliphatic heterocycles. The van der Waals surface area contributed by atoms with Crippen molar-refractivity contribution in [2.75, 3.05) is 13.2 Å². The highest BCUT2D eigenvalue weighted by Crippen LogP contribution is 2.19. The second-order valence-electron chi connectivity index (χ2n) is 4.98. The SMILES string of the molecule is CC(C)(CCO)CNCc1ccc(Br)cc1F. The lowest BCUT2D eigenvalue weighted by atomic mass is 9.90. The van der Waals surface area contributed by atoms with Gasteiger partial charge in [0, 0.05) is 29.7 Å². The van der Waals surface area contributed by atoms with E-state index in [4.69, 9.17) is 5.11 Å². The fourth-order valence-corrected chi connectivity index (χ4v) is 1.92. The van der Waals surface area contributed by atoms with Gasteiger partial charge >= 0.3 is 0 Å². The third kappa shape index (κ3) is 5.15. The predicted octanol–water partition coefficient (Wildman–Crippen LogP) is 3.09. The molecule has 0 bridgehead atoms. The Hall–Kier alpha value is -0.450. The number of benzene rings is 1. The Morgan fingerprint density at radius 2 is 2.12 bits per heavy atom. The summed E-state index contributed by atoms with van der Waals surface area (Å²) in [4.78, 5) is 0. The summed E-state index contributed by atoms with van der Waals surface area (Å²) in [6, 6.07) is 5.07. The van der Waals surface area contributed by atoms with E-state index >= 15 is 0 Å². The number of rotatable bonds is 6. The van der Waals surface area contributed by atoms with E-state index in [0.29, 0.717) is 12.1 Å². The number of hydrogen-bond acceptors (Lipinski definition) is 2. The Morgan fingerprint density at radius 1 is 1.41 bits per heavy atom. The van der Waals surface area contributed by atoms with Crippen molar-refractivity contribution in [3.05, 3.63) is 34.1 Å². The third-order valence-electron chi connectivity index (χ3n) is 2.72. The molecule has 1 rings (SSSR count). The molecule has 0 saturated carbocycles. The molecule has 0 amide bonds. The third-order valence-corrected chi connectivity index (χ3v) is 3.22. The van der Waals surface area contributed by atoms with Gasteiger partial charge in [-0.05, 0) is 24.0 Å². The van der Waals surface area contributed by atoms with Crippen molar-refractivity contribution in [3.63, 3.8) is 0 Å². The van der Waals surface area contributed by atoms with Gasteiger partial charge in [-0.2, -0.15) is 0 Å². The lowest BCUT2D eigenvalue weighted by Gasteiger charge is -2.24. The quantitative estimate of drug-likeness (QED) is 0.846. The average Bonchev–Trinajstić information content (AvgIpc) is 2.21. The standard InChI is InChI=1S/C13H19BrFNO/c1-13(2,5-6-17)9-16-8-10-3-4-11(14)7-12(10)15/h3-4,7,16-17H,5-6,8-9H2,1-2H3. The molecule has 2 N–H and O–H groups in total. The number of aliphatic hydroxyl groups excluding tert-OH is 1. The largest absolute Gasteiger partial charge is 0.396 e. The zero-order valence-corrected chi connectivity index (χ0v) is 11.8. The first kappa shape index (κ1) is 14.6. The van der Waals surface area contributed by atoms with Crippen LogP contribution in [0.2, 0.25) is 0 Å². The van der Waals surface area contributed by atoms with Gasteiger partial charge in [0.1, 0.15) is 5.82 Å². The Morgan fingerprint density at radius 3 is 2.71 bits per heavy atom. The molecular formula is C13H19BrFNO. The molecule has 96 valence electrons. The van der Waals surface area contributed by atoms with Gasteiger partial charge in [-0.1, -0.05) is 35.8 Å². The number of aliphatic hydroxyl groups is 1. The van der Waals surface area contributed by atoms with Crippen molar-refractivity contribution >= 4 is 15.9 Å². The van der Waals surface area contributed by atoms with Gasteiger partial charge in [-0.25, -0.2) is 4.39 Å². The van der Waals surface area contributed by atoms with Gasteiger partial charge in [0.15, 0.2) is 0 Å². The number of nitrogens with one attached hydrogen (secondary N) is 1. The van der Waals surface area contributed by atoms with E-state index in [1.165, 1.54) is 6.07 Å². The summed E-state index contributed by atoms with van der Waals surface area (Å²) < 4.78 is 14.3. The molecule has 0 spiro atoms. The van der Waals surface area contributed by atoms with E-state index in [2.05, 4.69) is 35.1 Å². The van der Waals surface area contributed by atoms with Gasteiger partial charge < -0.3 is 10.4 Å². The fourth-order valence-electron chi connectivity index (χ4n) is 1.59.